The molecule has 0 saturated heterocycles. The number of ether oxygens (including phenoxy) is 2. The van der Waals surface area contributed by atoms with E-state index in [1.165, 1.54) is 0 Å². The lowest BCUT2D eigenvalue weighted by atomic mass is 10.0. The largest absolute Gasteiger partial charge is 0.493 e. The Balaban J connectivity index is 2.98. The third kappa shape index (κ3) is 2.61. The van der Waals surface area contributed by atoms with E-state index in [-0.39, 0.29) is 12.5 Å². The summed E-state index contributed by atoms with van der Waals surface area (Å²) in [6.45, 7) is 0. The van der Waals surface area contributed by atoms with Crippen LogP contribution >= 0.6 is 0 Å². The van der Waals surface area contributed by atoms with Gasteiger partial charge in [-0.15, -0.1) is 0 Å². The zero-order valence-corrected chi connectivity index (χ0v) is 8.86. The van der Waals surface area contributed by atoms with E-state index in [2.05, 4.69) is 0 Å². The van der Waals surface area contributed by atoms with Crippen LogP contribution in [0.15, 0.2) is 18.2 Å². The number of hydrogen-bond acceptors (Lipinski definition) is 4. The van der Waals surface area contributed by atoms with Crippen LogP contribution in [-0.4, -0.2) is 14.2 Å². The molecule has 0 fully saturated rings. The van der Waals surface area contributed by atoms with Crippen molar-refractivity contribution < 1.29 is 9.47 Å². The number of nitriles is 1. The van der Waals surface area contributed by atoms with Gasteiger partial charge in [0.1, 0.15) is 0 Å². The van der Waals surface area contributed by atoms with E-state index < -0.39 is 0 Å². The van der Waals surface area contributed by atoms with E-state index in [0.717, 1.165) is 5.56 Å². The second kappa shape index (κ2) is 5.23. The van der Waals surface area contributed by atoms with E-state index in [4.69, 9.17) is 20.5 Å². The standard InChI is InChI=1S/C11H14N2O2/c1-14-10-4-3-8(7-11(10)15-2)9(13)5-6-12/h3-4,7,9H,5,13H2,1-2H3/t9-/m0/s1. The van der Waals surface area contributed by atoms with Gasteiger partial charge >= 0.3 is 0 Å². The number of nitrogens with zero attached hydrogens (tertiary/aromatic N) is 1. The molecule has 0 saturated carbocycles. The normalized spacial score (nSPS) is 11.6. The predicted octanol–water partition coefficient (Wildman–Crippen LogP) is 1.62. The zero-order valence-electron chi connectivity index (χ0n) is 8.86. The average molecular weight is 206 g/mol. The highest BCUT2D eigenvalue weighted by molar-refractivity contribution is 5.43. The van der Waals surface area contributed by atoms with E-state index in [1.807, 2.05) is 12.1 Å². The van der Waals surface area contributed by atoms with Crippen molar-refractivity contribution in [3.8, 4) is 17.6 Å². The van der Waals surface area contributed by atoms with E-state index in [9.17, 15) is 0 Å². The summed E-state index contributed by atoms with van der Waals surface area (Å²) in [5.74, 6) is 1.29. The van der Waals surface area contributed by atoms with Crippen LogP contribution in [0.5, 0.6) is 11.5 Å². The molecule has 0 heterocycles. The minimum Gasteiger partial charge on any atom is -0.493 e. The topological polar surface area (TPSA) is 68.3 Å². The molecule has 0 aliphatic heterocycles. The van der Waals surface area contributed by atoms with Crippen molar-refractivity contribution in [1.29, 1.82) is 5.26 Å². The molecule has 0 amide bonds. The summed E-state index contributed by atoms with van der Waals surface area (Å²) in [6, 6.07) is 7.16. The van der Waals surface area contributed by atoms with Gasteiger partial charge < -0.3 is 15.2 Å². The fraction of sp³-hybridized carbons (Fsp3) is 0.364. The Hall–Kier alpha value is -1.73. The highest BCUT2D eigenvalue weighted by Crippen LogP contribution is 2.29. The fourth-order valence-electron chi connectivity index (χ4n) is 1.30. The molecule has 0 radical (unpaired) electrons. The summed E-state index contributed by atoms with van der Waals surface area (Å²) in [5.41, 5.74) is 6.67. The Kier molecular flexibility index (Phi) is 3.95. The maximum Gasteiger partial charge on any atom is 0.161 e. The second-order valence-corrected chi connectivity index (χ2v) is 3.08. The van der Waals surface area contributed by atoms with Gasteiger partial charge in [0.05, 0.1) is 26.7 Å². The van der Waals surface area contributed by atoms with Crippen LogP contribution in [-0.2, 0) is 0 Å². The molecule has 4 heteroatoms. The first-order valence-electron chi connectivity index (χ1n) is 4.57. The monoisotopic (exact) mass is 206 g/mol. The first-order valence-corrected chi connectivity index (χ1v) is 4.57. The van der Waals surface area contributed by atoms with Crippen LogP contribution in [0, 0.1) is 11.3 Å². The van der Waals surface area contributed by atoms with Crippen LogP contribution in [0.2, 0.25) is 0 Å². The molecular weight excluding hydrogens is 192 g/mol. The van der Waals surface area contributed by atoms with E-state index >= 15 is 0 Å². The van der Waals surface area contributed by atoms with Crippen molar-refractivity contribution >= 4 is 0 Å². The van der Waals surface area contributed by atoms with Crippen LogP contribution < -0.4 is 15.2 Å². The maximum atomic E-state index is 8.54. The van der Waals surface area contributed by atoms with Crippen LogP contribution in [0.25, 0.3) is 0 Å². The van der Waals surface area contributed by atoms with E-state index in [0.29, 0.717) is 11.5 Å². The number of benzene rings is 1. The quantitative estimate of drug-likeness (QED) is 0.812. The van der Waals surface area contributed by atoms with Crippen molar-refractivity contribution in [2.24, 2.45) is 5.73 Å². The van der Waals surface area contributed by atoms with Gasteiger partial charge in [0.15, 0.2) is 11.5 Å². The fourth-order valence-corrected chi connectivity index (χ4v) is 1.30. The van der Waals surface area contributed by atoms with Gasteiger partial charge in [-0.25, -0.2) is 0 Å². The van der Waals surface area contributed by atoms with Crippen LogP contribution in [0.4, 0.5) is 0 Å². The Morgan fingerprint density at radius 1 is 1.33 bits per heavy atom. The number of methoxy groups -OCH3 is 2. The summed E-state index contributed by atoms with van der Waals surface area (Å²) in [7, 11) is 3.14. The summed E-state index contributed by atoms with van der Waals surface area (Å²) in [6.07, 6.45) is 0.287. The lowest BCUT2D eigenvalue weighted by molar-refractivity contribution is 0.354. The van der Waals surface area contributed by atoms with Gasteiger partial charge in [-0.05, 0) is 17.7 Å². The van der Waals surface area contributed by atoms with Gasteiger partial charge in [-0.2, -0.15) is 5.26 Å². The third-order valence-corrected chi connectivity index (χ3v) is 2.15. The number of hydrogen-bond donors (Lipinski definition) is 1. The first kappa shape index (κ1) is 11.3. The molecule has 0 spiro atoms. The number of rotatable bonds is 4. The van der Waals surface area contributed by atoms with Gasteiger partial charge in [-0.3, -0.25) is 0 Å². The SMILES string of the molecule is COc1ccc([C@@H](N)CC#N)cc1OC. The van der Waals surface area contributed by atoms with Crippen molar-refractivity contribution in [3.05, 3.63) is 23.8 Å². The average Bonchev–Trinajstić information content (AvgIpc) is 2.28. The van der Waals surface area contributed by atoms with Gasteiger partial charge in [0.25, 0.3) is 0 Å². The predicted molar refractivity (Wildman–Crippen MR) is 56.7 cm³/mol. The molecule has 2 N–H and O–H groups in total. The minimum atomic E-state index is -0.283. The highest BCUT2D eigenvalue weighted by atomic mass is 16.5. The minimum absolute atomic E-state index is 0.283. The molecule has 0 aliphatic carbocycles. The molecule has 0 unspecified atom stereocenters. The van der Waals surface area contributed by atoms with Gasteiger partial charge in [-0.1, -0.05) is 6.07 Å². The summed E-state index contributed by atoms with van der Waals surface area (Å²) in [4.78, 5) is 0. The molecule has 0 bridgehead atoms. The smallest absolute Gasteiger partial charge is 0.161 e. The van der Waals surface area contributed by atoms with Crippen molar-refractivity contribution in [3.63, 3.8) is 0 Å². The molecule has 1 atom stereocenters. The molecular formula is C11H14N2O2. The Morgan fingerprint density at radius 3 is 2.53 bits per heavy atom. The summed E-state index contributed by atoms with van der Waals surface area (Å²) < 4.78 is 10.2. The molecule has 0 aromatic heterocycles. The van der Waals surface area contributed by atoms with Crippen LogP contribution in [0.3, 0.4) is 0 Å². The Bertz CT molecular complexity index is 371. The van der Waals surface area contributed by atoms with E-state index in [1.54, 1.807) is 26.4 Å². The van der Waals surface area contributed by atoms with Gasteiger partial charge in [0.2, 0.25) is 0 Å². The zero-order chi connectivity index (χ0) is 11.3. The highest BCUT2D eigenvalue weighted by Gasteiger charge is 2.09. The molecule has 15 heavy (non-hydrogen) atoms. The molecule has 1 rings (SSSR count). The van der Waals surface area contributed by atoms with Crippen molar-refractivity contribution in [1.82, 2.24) is 0 Å². The summed E-state index contributed by atoms with van der Waals surface area (Å²) in [5, 5.41) is 8.54. The Labute approximate surface area is 89.2 Å². The third-order valence-electron chi connectivity index (χ3n) is 2.15. The van der Waals surface area contributed by atoms with Crippen molar-refractivity contribution in [2.75, 3.05) is 14.2 Å². The van der Waals surface area contributed by atoms with Gasteiger partial charge in [0, 0.05) is 6.04 Å². The number of nitrogens with two attached hydrogens (primary N) is 1. The molecule has 4 nitrogen and oxygen atoms in total. The second-order valence-electron chi connectivity index (χ2n) is 3.08. The maximum absolute atomic E-state index is 8.54. The molecule has 0 aliphatic rings. The molecule has 1 aromatic carbocycles. The molecule has 1 aromatic rings. The molecule has 80 valence electrons. The first-order chi connectivity index (χ1) is 7.22. The lowest BCUT2D eigenvalue weighted by Gasteiger charge is -2.12. The Morgan fingerprint density at radius 2 is 2.00 bits per heavy atom. The van der Waals surface area contributed by atoms with Crippen molar-refractivity contribution in [2.45, 2.75) is 12.5 Å². The summed E-state index contributed by atoms with van der Waals surface area (Å²) >= 11 is 0. The van der Waals surface area contributed by atoms with Crippen LogP contribution in [0.1, 0.15) is 18.0 Å². The lowest BCUT2D eigenvalue weighted by Crippen LogP contribution is -2.09.